The third-order valence-electron chi connectivity index (χ3n) is 3.55. The lowest BCUT2D eigenvalue weighted by molar-refractivity contribution is 0.0691. The Bertz CT molecular complexity index is 891. The molecule has 0 unspecified atom stereocenters. The number of aromatic nitrogens is 2. The number of aromatic carboxylic acids is 1. The van der Waals surface area contributed by atoms with E-state index in [9.17, 15) is 17.6 Å². The van der Waals surface area contributed by atoms with Gasteiger partial charge in [-0.1, -0.05) is 20.8 Å². The average Bonchev–Trinajstić information content (AvgIpc) is 2.86. The van der Waals surface area contributed by atoms with Crippen LogP contribution < -0.4 is 4.72 Å². The SMILES string of the molecule is CCc1c(NS(=O)(=O)c2ccc(C(=O)O)c(F)c2)cnn1CC(C)C. The maximum atomic E-state index is 13.8. The number of halogens is 1. The van der Waals surface area contributed by atoms with Crippen molar-refractivity contribution in [3.63, 3.8) is 0 Å². The van der Waals surface area contributed by atoms with Crippen LogP contribution in [0.1, 0.15) is 36.8 Å². The number of nitrogens with zero attached hydrogens (tertiary/aromatic N) is 2. The summed E-state index contributed by atoms with van der Waals surface area (Å²) in [6, 6.07) is 2.67. The predicted molar refractivity (Wildman–Crippen MR) is 90.6 cm³/mol. The van der Waals surface area contributed by atoms with Crippen molar-refractivity contribution in [1.29, 1.82) is 0 Å². The molecular formula is C16H20FN3O4S. The first-order valence-corrected chi connectivity index (χ1v) is 9.24. The van der Waals surface area contributed by atoms with Crippen LogP contribution in [0.25, 0.3) is 0 Å². The fourth-order valence-corrected chi connectivity index (χ4v) is 3.50. The Balaban J connectivity index is 2.35. The molecule has 2 N–H and O–H groups in total. The Morgan fingerprint density at radius 1 is 1.40 bits per heavy atom. The molecule has 0 saturated carbocycles. The lowest BCUT2D eigenvalue weighted by Crippen LogP contribution is -2.16. The van der Waals surface area contributed by atoms with Crippen LogP contribution in [0.4, 0.5) is 10.1 Å². The Hall–Kier alpha value is -2.42. The zero-order chi connectivity index (χ0) is 18.8. The van der Waals surface area contributed by atoms with Crippen LogP contribution in [-0.4, -0.2) is 29.3 Å². The van der Waals surface area contributed by atoms with E-state index in [4.69, 9.17) is 5.11 Å². The number of anilines is 1. The fourth-order valence-electron chi connectivity index (χ4n) is 2.41. The van der Waals surface area contributed by atoms with Gasteiger partial charge in [0.25, 0.3) is 10.0 Å². The minimum atomic E-state index is -4.06. The molecule has 1 heterocycles. The molecule has 2 aromatic rings. The molecule has 0 saturated heterocycles. The van der Waals surface area contributed by atoms with Gasteiger partial charge in [0.15, 0.2) is 0 Å². The zero-order valence-corrected chi connectivity index (χ0v) is 15.0. The highest BCUT2D eigenvalue weighted by Crippen LogP contribution is 2.22. The summed E-state index contributed by atoms with van der Waals surface area (Å²) in [5.74, 6) is -2.23. The standard InChI is InChI=1S/C16H20FN3O4S/c1-4-15-14(8-18-20(15)9-10(2)3)19-25(23,24)11-5-6-12(16(21)22)13(17)7-11/h5-8,10,19H,4,9H2,1-3H3,(H,21,22). The third-order valence-corrected chi connectivity index (χ3v) is 4.91. The quantitative estimate of drug-likeness (QED) is 0.781. The second-order valence-electron chi connectivity index (χ2n) is 5.99. The van der Waals surface area contributed by atoms with Crippen molar-refractivity contribution in [2.45, 2.75) is 38.6 Å². The van der Waals surface area contributed by atoms with Crippen molar-refractivity contribution in [2.24, 2.45) is 5.92 Å². The smallest absolute Gasteiger partial charge is 0.338 e. The molecule has 0 fully saturated rings. The number of hydrogen-bond donors (Lipinski definition) is 2. The van der Waals surface area contributed by atoms with Gasteiger partial charge in [-0.15, -0.1) is 0 Å². The lowest BCUT2D eigenvalue weighted by atomic mass is 10.2. The minimum absolute atomic E-state index is 0.325. The van der Waals surface area contributed by atoms with E-state index in [1.807, 2.05) is 20.8 Å². The molecule has 25 heavy (non-hydrogen) atoms. The van der Waals surface area contributed by atoms with Crippen LogP contribution in [0, 0.1) is 11.7 Å². The number of sulfonamides is 1. The zero-order valence-electron chi connectivity index (χ0n) is 14.2. The second-order valence-corrected chi connectivity index (χ2v) is 7.67. The van der Waals surface area contributed by atoms with Gasteiger partial charge < -0.3 is 5.11 Å². The second kappa shape index (κ2) is 7.22. The molecule has 2 rings (SSSR count). The number of benzene rings is 1. The first-order valence-electron chi connectivity index (χ1n) is 7.76. The van der Waals surface area contributed by atoms with Crippen molar-refractivity contribution in [2.75, 3.05) is 4.72 Å². The highest BCUT2D eigenvalue weighted by molar-refractivity contribution is 7.92. The summed E-state index contributed by atoms with van der Waals surface area (Å²) in [6.45, 7) is 6.58. The number of carboxylic acids is 1. The Labute approximate surface area is 145 Å². The maximum Gasteiger partial charge on any atom is 0.338 e. The van der Waals surface area contributed by atoms with E-state index in [0.29, 0.717) is 30.6 Å². The van der Waals surface area contributed by atoms with E-state index in [2.05, 4.69) is 9.82 Å². The monoisotopic (exact) mass is 369 g/mol. The van der Waals surface area contributed by atoms with Gasteiger partial charge in [0.05, 0.1) is 28.0 Å². The van der Waals surface area contributed by atoms with Crippen LogP contribution in [0.2, 0.25) is 0 Å². The minimum Gasteiger partial charge on any atom is -0.478 e. The molecule has 136 valence electrons. The van der Waals surface area contributed by atoms with Gasteiger partial charge >= 0.3 is 5.97 Å². The van der Waals surface area contributed by atoms with Gasteiger partial charge in [-0.3, -0.25) is 9.40 Å². The topological polar surface area (TPSA) is 101 Å². The number of carboxylic acid groups (broad SMARTS) is 1. The number of carbonyl (C=O) groups is 1. The first kappa shape index (κ1) is 18.9. The predicted octanol–water partition coefficient (Wildman–Crippen LogP) is 2.74. The van der Waals surface area contributed by atoms with E-state index in [-0.39, 0.29) is 4.90 Å². The van der Waals surface area contributed by atoms with Gasteiger partial charge in [-0.25, -0.2) is 17.6 Å². The van der Waals surface area contributed by atoms with Crippen LogP contribution in [0.15, 0.2) is 29.3 Å². The van der Waals surface area contributed by atoms with E-state index >= 15 is 0 Å². The molecule has 7 nitrogen and oxygen atoms in total. The normalized spacial score (nSPS) is 11.7. The van der Waals surface area contributed by atoms with Crippen molar-refractivity contribution in [3.05, 3.63) is 41.5 Å². The molecule has 0 aliphatic carbocycles. The van der Waals surface area contributed by atoms with Crippen LogP contribution in [0.3, 0.4) is 0 Å². The molecule has 0 bridgehead atoms. The van der Waals surface area contributed by atoms with Crippen molar-refractivity contribution in [3.8, 4) is 0 Å². The highest BCUT2D eigenvalue weighted by atomic mass is 32.2. The fraction of sp³-hybridized carbons (Fsp3) is 0.375. The highest BCUT2D eigenvalue weighted by Gasteiger charge is 2.21. The Kier molecular flexibility index (Phi) is 5.46. The van der Waals surface area contributed by atoms with E-state index in [1.54, 1.807) is 4.68 Å². The molecule has 0 atom stereocenters. The van der Waals surface area contributed by atoms with Gasteiger partial charge in [0.1, 0.15) is 5.82 Å². The number of nitrogens with one attached hydrogen (secondary N) is 1. The summed E-state index contributed by atoms with van der Waals surface area (Å²) in [4.78, 5) is 10.5. The molecule has 0 radical (unpaired) electrons. The Morgan fingerprint density at radius 3 is 2.60 bits per heavy atom. The molecule has 0 amide bonds. The summed E-state index contributed by atoms with van der Waals surface area (Å²) >= 11 is 0. The Morgan fingerprint density at radius 2 is 2.08 bits per heavy atom. The summed E-state index contributed by atoms with van der Waals surface area (Å²) < 4.78 is 42.8. The van der Waals surface area contributed by atoms with Crippen LogP contribution >= 0.6 is 0 Å². The van der Waals surface area contributed by atoms with Gasteiger partial charge in [-0.2, -0.15) is 5.10 Å². The molecule has 1 aromatic heterocycles. The van der Waals surface area contributed by atoms with Crippen molar-refractivity contribution in [1.82, 2.24) is 9.78 Å². The molecule has 0 spiro atoms. The van der Waals surface area contributed by atoms with Gasteiger partial charge in [0, 0.05) is 6.54 Å². The van der Waals surface area contributed by atoms with Crippen molar-refractivity contribution < 1.29 is 22.7 Å². The van der Waals surface area contributed by atoms with E-state index in [0.717, 1.165) is 17.8 Å². The summed E-state index contributed by atoms with van der Waals surface area (Å²) in [5, 5.41) is 13.0. The van der Waals surface area contributed by atoms with Gasteiger partial charge in [-0.05, 0) is 30.5 Å². The van der Waals surface area contributed by atoms with Crippen LogP contribution in [-0.2, 0) is 23.0 Å². The van der Waals surface area contributed by atoms with E-state index < -0.39 is 27.4 Å². The molecule has 0 aliphatic heterocycles. The van der Waals surface area contributed by atoms with Crippen LogP contribution in [0.5, 0.6) is 0 Å². The lowest BCUT2D eigenvalue weighted by Gasteiger charge is -2.12. The molecule has 0 aliphatic rings. The van der Waals surface area contributed by atoms with E-state index in [1.165, 1.54) is 6.20 Å². The largest absolute Gasteiger partial charge is 0.478 e. The summed E-state index contributed by atoms with van der Waals surface area (Å²) in [7, 11) is -4.06. The maximum absolute atomic E-state index is 13.8. The number of rotatable bonds is 7. The molecule has 9 heteroatoms. The molecular weight excluding hydrogens is 349 g/mol. The summed E-state index contributed by atoms with van der Waals surface area (Å²) in [5.41, 5.74) is 0.462. The number of hydrogen-bond acceptors (Lipinski definition) is 4. The third kappa shape index (κ3) is 4.16. The van der Waals surface area contributed by atoms with Gasteiger partial charge in [0.2, 0.25) is 0 Å². The summed E-state index contributed by atoms with van der Waals surface area (Å²) in [6.07, 6.45) is 1.98. The average molecular weight is 369 g/mol. The van der Waals surface area contributed by atoms with Crippen molar-refractivity contribution >= 4 is 21.7 Å². The first-order chi connectivity index (χ1) is 11.7. The molecule has 1 aromatic carbocycles.